The molecule has 0 aliphatic heterocycles. The summed E-state index contributed by atoms with van der Waals surface area (Å²) in [6, 6.07) is 2.56. The van der Waals surface area contributed by atoms with Gasteiger partial charge in [-0.15, -0.1) is 0 Å². The Morgan fingerprint density at radius 2 is 2.00 bits per heavy atom. The summed E-state index contributed by atoms with van der Waals surface area (Å²) in [4.78, 5) is 0. The van der Waals surface area contributed by atoms with Crippen molar-refractivity contribution in [1.29, 1.82) is 0 Å². The molecule has 21 heavy (non-hydrogen) atoms. The van der Waals surface area contributed by atoms with Gasteiger partial charge in [0.15, 0.2) is 0 Å². The number of nitrogens with zero attached hydrogens (tertiary/aromatic N) is 2. The Balaban J connectivity index is 1.60. The van der Waals surface area contributed by atoms with Crippen molar-refractivity contribution in [2.45, 2.75) is 70.8 Å². The number of hydrogen-bond acceptors (Lipinski definition) is 2. The van der Waals surface area contributed by atoms with Gasteiger partial charge in [0, 0.05) is 25.2 Å². The molecule has 3 heteroatoms. The molecule has 0 aromatic carbocycles. The zero-order valence-corrected chi connectivity index (χ0v) is 13.7. The number of aryl methyl sites for hydroxylation is 2. The Kier molecular flexibility index (Phi) is 4.68. The van der Waals surface area contributed by atoms with Gasteiger partial charge in [0.2, 0.25) is 0 Å². The van der Waals surface area contributed by atoms with E-state index >= 15 is 0 Å². The van der Waals surface area contributed by atoms with Gasteiger partial charge in [-0.2, -0.15) is 5.10 Å². The molecule has 118 valence electrons. The zero-order valence-electron chi connectivity index (χ0n) is 13.7. The van der Waals surface area contributed by atoms with Crippen LogP contribution in [0.25, 0.3) is 0 Å². The van der Waals surface area contributed by atoms with E-state index in [-0.39, 0.29) is 0 Å². The van der Waals surface area contributed by atoms with Crippen molar-refractivity contribution in [2.75, 3.05) is 0 Å². The molecule has 2 saturated carbocycles. The first-order valence-corrected chi connectivity index (χ1v) is 8.94. The molecule has 2 aliphatic carbocycles. The molecule has 2 aliphatic rings. The van der Waals surface area contributed by atoms with E-state index in [4.69, 9.17) is 5.73 Å². The number of hydrogen-bond donors (Lipinski definition) is 1. The van der Waals surface area contributed by atoms with Crippen molar-refractivity contribution in [1.82, 2.24) is 9.78 Å². The molecule has 0 amide bonds. The molecule has 0 radical (unpaired) electrons. The van der Waals surface area contributed by atoms with Crippen LogP contribution in [0.4, 0.5) is 0 Å². The Hall–Kier alpha value is -0.830. The lowest BCUT2D eigenvalue weighted by molar-refractivity contribution is 0.117. The van der Waals surface area contributed by atoms with E-state index in [2.05, 4.69) is 25.1 Å². The minimum atomic E-state index is 0.313. The molecule has 4 unspecified atom stereocenters. The maximum Gasteiger partial charge on any atom is 0.0624 e. The fourth-order valence-electron chi connectivity index (χ4n) is 4.64. The summed E-state index contributed by atoms with van der Waals surface area (Å²) < 4.78 is 2.03. The Labute approximate surface area is 129 Å². The summed E-state index contributed by atoms with van der Waals surface area (Å²) in [5.74, 6) is 2.72. The predicted octanol–water partition coefficient (Wildman–Crippen LogP) is 3.46. The van der Waals surface area contributed by atoms with E-state index in [1.807, 2.05) is 4.68 Å². The van der Waals surface area contributed by atoms with Gasteiger partial charge in [-0.25, -0.2) is 0 Å². The third-order valence-electron chi connectivity index (χ3n) is 6.02. The quantitative estimate of drug-likeness (QED) is 0.922. The van der Waals surface area contributed by atoms with Crippen LogP contribution in [-0.2, 0) is 19.9 Å². The van der Waals surface area contributed by atoms with E-state index in [1.54, 1.807) is 0 Å². The highest BCUT2D eigenvalue weighted by Gasteiger charge is 2.34. The minimum Gasteiger partial charge on any atom is -0.327 e. The van der Waals surface area contributed by atoms with Crippen molar-refractivity contribution < 1.29 is 0 Å². The van der Waals surface area contributed by atoms with Crippen molar-refractivity contribution in [3.8, 4) is 0 Å². The number of nitrogens with two attached hydrogens (primary N) is 1. The lowest BCUT2D eigenvalue weighted by Crippen LogP contribution is -2.39. The molecule has 4 atom stereocenters. The van der Waals surface area contributed by atoms with Crippen LogP contribution in [0, 0.1) is 17.8 Å². The number of rotatable bonds is 4. The third kappa shape index (κ3) is 3.33. The molecular weight excluding hydrogens is 258 g/mol. The molecular formula is C18H31N3. The van der Waals surface area contributed by atoms with E-state index < -0.39 is 0 Å². The summed E-state index contributed by atoms with van der Waals surface area (Å²) in [5, 5.41) is 4.55. The number of fused-ring (bicyclic) bond motifs is 1. The largest absolute Gasteiger partial charge is 0.327 e. The molecule has 2 fully saturated rings. The highest BCUT2D eigenvalue weighted by atomic mass is 15.3. The topological polar surface area (TPSA) is 43.8 Å². The SMILES string of the molecule is CCc1cc(CC(N)C2CCC3CCCCC3C2)n(C)n1. The monoisotopic (exact) mass is 289 g/mol. The molecule has 0 spiro atoms. The summed E-state index contributed by atoms with van der Waals surface area (Å²) in [6.07, 6.45) is 12.0. The molecule has 1 aromatic heterocycles. The summed E-state index contributed by atoms with van der Waals surface area (Å²) in [5.41, 5.74) is 9.08. The van der Waals surface area contributed by atoms with Gasteiger partial charge in [-0.1, -0.05) is 32.6 Å². The van der Waals surface area contributed by atoms with Crippen molar-refractivity contribution in [2.24, 2.45) is 30.5 Å². The lowest BCUT2D eigenvalue weighted by Gasteiger charge is -2.41. The van der Waals surface area contributed by atoms with Crippen molar-refractivity contribution >= 4 is 0 Å². The summed E-state index contributed by atoms with van der Waals surface area (Å²) in [6.45, 7) is 2.16. The first-order chi connectivity index (χ1) is 10.2. The average Bonchev–Trinajstić information content (AvgIpc) is 2.87. The zero-order chi connectivity index (χ0) is 14.8. The van der Waals surface area contributed by atoms with Crippen molar-refractivity contribution in [3.05, 3.63) is 17.5 Å². The standard InChI is InChI=1S/C18H31N3/c1-3-16-11-17(21(2)20-16)12-18(19)15-9-8-13-6-4-5-7-14(13)10-15/h11,13-15,18H,3-10,12,19H2,1-2H3. The molecule has 2 N–H and O–H groups in total. The maximum absolute atomic E-state index is 6.58. The minimum absolute atomic E-state index is 0.313. The lowest BCUT2D eigenvalue weighted by atomic mass is 9.66. The first kappa shape index (κ1) is 15.1. The molecule has 3 nitrogen and oxygen atoms in total. The second-order valence-corrected chi connectivity index (χ2v) is 7.35. The molecule has 0 saturated heterocycles. The summed E-state index contributed by atoms with van der Waals surface area (Å²) in [7, 11) is 2.05. The highest BCUT2D eigenvalue weighted by molar-refractivity contribution is 5.12. The number of aromatic nitrogens is 2. The van der Waals surface area contributed by atoms with Gasteiger partial charge >= 0.3 is 0 Å². The fraction of sp³-hybridized carbons (Fsp3) is 0.833. The van der Waals surface area contributed by atoms with Crippen LogP contribution in [0.5, 0.6) is 0 Å². The molecule has 3 rings (SSSR count). The van der Waals surface area contributed by atoms with Gasteiger partial charge in [0.25, 0.3) is 0 Å². The fourth-order valence-corrected chi connectivity index (χ4v) is 4.64. The van der Waals surface area contributed by atoms with Crippen LogP contribution < -0.4 is 5.73 Å². The second kappa shape index (κ2) is 6.51. The third-order valence-corrected chi connectivity index (χ3v) is 6.02. The normalized spacial score (nSPS) is 30.9. The molecule has 1 aromatic rings. The maximum atomic E-state index is 6.58. The summed E-state index contributed by atoms with van der Waals surface area (Å²) >= 11 is 0. The Morgan fingerprint density at radius 3 is 2.71 bits per heavy atom. The predicted molar refractivity (Wildman–Crippen MR) is 87.1 cm³/mol. The van der Waals surface area contributed by atoms with Crippen LogP contribution in [0.2, 0.25) is 0 Å². The van der Waals surface area contributed by atoms with Gasteiger partial charge in [0.05, 0.1) is 5.69 Å². The van der Waals surface area contributed by atoms with Crippen molar-refractivity contribution in [3.63, 3.8) is 0 Å². The van der Waals surface area contributed by atoms with Gasteiger partial charge < -0.3 is 5.73 Å². The molecule has 0 bridgehead atoms. The van der Waals surface area contributed by atoms with Gasteiger partial charge in [-0.05, 0) is 49.5 Å². The van der Waals surface area contributed by atoms with Crippen LogP contribution in [0.15, 0.2) is 6.07 Å². The van der Waals surface area contributed by atoms with E-state index in [0.29, 0.717) is 6.04 Å². The average molecular weight is 289 g/mol. The Bertz CT molecular complexity index is 465. The second-order valence-electron chi connectivity index (χ2n) is 7.35. The van der Waals surface area contributed by atoms with Crippen LogP contribution in [0.1, 0.15) is 63.3 Å². The van der Waals surface area contributed by atoms with Gasteiger partial charge in [-0.3, -0.25) is 4.68 Å². The molecule has 1 heterocycles. The van der Waals surface area contributed by atoms with E-state index in [9.17, 15) is 0 Å². The van der Waals surface area contributed by atoms with E-state index in [0.717, 1.165) is 30.6 Å². The van der Waals surface area contributed by atoms with Crippen LogP contribution in [0.3, 0.4) is 0 Å². The van der Waals surface area contributed by atoms with Gasteiger partial charge in [0.1, 0.15) is 0 Å². The smallest absolute Gasteiger partial charge is 0.0624 e. The van der Waals surface area contributed by atoms with E-state index in [1.165, 1.54) is 56.3 Å². The van der Waals surface area contributed by atoms with Crippen LogP contribution >= 0.6 is 0 Å². The first-order valence-electron chi connectivity index (χ1n) is 8.94. The Morgan fingerprint density at radius 1 is 1.24 bits per heavy atom. The highest BCUT2D eigenvalue weighted by Crippen LogP contribution is 2.43. The van der Waals surface area contributed by atoms with Crippen LogP contribution in [-0.4, -0.2) is 15.8 Å².